The summed E-state index contributed by atoms with van der Waals surface area (Å²) >= 11 is 0. The van der Waals surface area contributed by atoms with Crippen LogP contribution < -0.4 is 4.89 Å². The Kier molecular flexibility index (Phi) is 2.69. The topological polar surface area (TPSA) is 73.2 Å². The highest BCUT2D eigenvalue weighted by Gasteiger charge is 2.17. The molecule has 1 N–H and O–H groups in total. The molecule has 1 aromatic rings. The summed E-state index contributed by atoms with van der Waals surface area (Å²) in [7, 11) is -0.670. The van der Waals surface area contributed by atoms with E-state index in [0.29, 0.717) is 5.82 Å². The Morgan fingerprint density at radius 1 is 1.62 bits per heavy atom. The van der Waals surface area contributed by atoms with Crippen LogP contribution in [0.5, 0.6) is 0 Å². The molecule has 0 amide bonds. The Morgan fingerprint density at radius 3 is 2.62 bits per heavy atom. The lowest BCUT2D eigenvalue weighted by Gasteiger charge is -1.98. The van der Waals surface area contributed by atoms with Crippen LogP contribution in [0.1, 0.15) is 5.82 Å². The zero-order valence-electron chi connectivity index (χ0n) is 7.60. The summed E-state index contributed by atoms with van der Waals surface area (Å²) < 4.78 is 24.2. The van der Waals surface area contributed by atoms with Crippen LogP contribution in [0, 0.1) is 6.92 Å². The molecule has 0 fully saturated rings. The Hall–Kier alpha value is -0.920. The lowest BCUT2D eigenvalue weighted by Crippen LogP contribution is -2.22. The van der Waals surface area contributed by atoms with E-state index in [2.05, 4.69) is 9.82 Å². The third kappa shape index (κ3) is 2.06. The van der Waals surface area contributed by atoms with Gasteiger partial charge in [-0.15, -0.1) is 0 Å². The monoisotopic (exact) mass is 205 g/mol. The van der Waals surface area contributed by atoms with E-state index in [1.165, 1.54) is 13.3 Å². The fourth-order valence-electron chi connectivity index (χ4n) is 0.808. The van der Waals surface area contributed by atoms with Gasteiger partial charge in [0.1, 0.15) is 5.82 Å². The van der Waals surface area contributed by atoms with Gasteiger partial charge in [-0.1, -0.05) is 4.89 Å². The molecule has 0 aliphatic rings. The Morgan fingerprint density at radius 2 is 2.23 bits per heavy atom. The van der Waals surface area contributed by atoms with Gasteiger partial charge in [0.15, 0.2) is 5.03 Å². The van der Waals surface area contributed by atoms with Crippen molar-refractivity contribution < 1.29 is 13.3 Å². The molecule has 1 aromatic heterocycles. The first-order valence-electron chi connectivity index (χ1n) is 3.52. The molecule has 6 nitrogen and oxygen atoms in total. The van der Waals surface area contributed by atoms with E-state index in [-0.39, 0.29) is 5.03 Å². The van der Waals surface area contributed by atoms with Crippen LogP contribution in [0.25, 0.3) is 0 Å². The number of rotatable bonds is 3. The Labute approximate surface area is 76.5 Å². The molecule has 7 heteroatoms. The molecule has 0 saturated heterocycles. The maximum absolute atomic E-state index is 11.3. The highest BCUT2D eigenvalue weighted by Crippen LogP contribution is 2.06. The third-order valence-corrected chi connectivity index (χ3v) is 2.69. The fourth-order valence-corrected chi connectivity index (χ4v) is 1.66. The van der Waals surface area contributed by atoms with E-state index in [9.17, 15) is 8.42 Å². The van der Waals surface area contributed by atoms with Gasteiger partial charge in [0.25, 0.3) is 10.0 Å². The van der Waals surface area contributed by atoms with E-state index in [1.807, 2.05) is 4.89 Å². The molecule has 0 spiro atoms. The van der Waals surface area contributed by atoms with Crippen molar-refractivity contribution in [3.05, 3.63) is 12.0 Å². The van der Waals surface area contributed by atoms with Gasteiger partial charge >= 0.3 is 0 Å². The van der Waals surface area contributed by atoms with Crippen LogP contribution in [0.15, 0.2) is 11.2 Å². The maximum atomic E-state index is 11.3. The summed E-state index contributed by atoms with van der Waals surface area (Å²) in [5.74, 6) is 0.622. The number of hydrogen-bond donors (Lipinski definition) is 1. The molecule has 0 bridgehead atoms. The average molecular weight is 205 g/mol. The predicted molar refractivity (Wildman–Crippen MR) is 45.3 cm³/mol. The molecule has 1 rings (SSSR count). The third-order valence-electron chi connectivity index (χ3n) is 1.55. The summed E-state index contributed by atoms with van der Waals surface area (Å²) in [5.41, 5.74) is 0. The van der Waals surface area contributed by atoms with E-state index in [0.717, 1.165) is 0 Å². The fraction of sp³-hybridized carbons (Fsp3) is 0.500. The minimum Gasteiger partial charge on any atom is -0.337 e. The molecule has 1 heterocycles. The second-order valence-electron chi connectivity index (χ2n) is 2.53. The van der Waals surface area contributed by atoms with Gasteiger partial charge in [0, 0.05) is 13.2 Å². The summed E-state index contributed by atoms with van der Waals surface area (Å²) in [4.78, 5) is 10.0. The summed E-state index contributed by atoms with van der Waals surface area (Å²) in [6.07, 6.45) is 1.41. The molecule has 0 atom stereocenters. The van der Waals surface area contributed by atoms with Crippen LogP contribution in [-0.4, -0.2) is 25.1 Å². The van der Waals surface area contributed by atoms with Crippen molar-refractivity contribution in [1.29, 1.82) is 0 Å². The lowest BCUT2D eigenvalue weighted by atomic mass is 10.7. The second kappa shape index (κ2) is 3.44. The highest BCUT2D eigenvalue weighted by atomic mass is 32.2. The number of sulfonamides is 1. The number of aromatic nitrogens is 2. The smallest absolute Gasteiger partial charge is 0.281 e. The normalized spacial score (nSPS) is 11.9. The van der Waals surface area contributed by atoms with E-state index in [1.54, 1.807) is 18.5 Å². The van der Waals surface area contributed by atoms with Gasteiger partial charge in [-0.05, 0) is 6.92 Å². The van der Waals surface area contributed by atoms with Crippen LogP contribution in [-0.2, 0) is 21.9 Å². The second-order valence-corrected chi connectivity index (χ2v) is 4.12. The number of aryl methyl sites for hydroxylation is 2. The van der Waals surface area contributed by atoms with Crippen LogP contribution >= 0.6 is 0 Å². The van der Waals surface area contributed by atoms with Crippen molar-refractivity contribution in [2.24, 2.45) is 7.05 Å². The van der Waals surface area contributed by atoms with E-state index in [4.69, 9.17) is 0 Å². The van der Waals surface area contributed by atoms with Crippen LogP contribution in [0.2, 0.25) is 0 Å². The number of imidazole rings is 1. The Bertz CT molecular complexity index is 376. The van der Waals surface area contributed by atoms with Crippen molar-refractivity contribution in [2.45, 2.75) is 11.9 Å². The zero-order chi connectivity index (χ0) is 10.1. The molecule has 0 saturated carbocycles. The average Bonchev–Trinajstić information content (AvgIpc) is 2.33. The van der Waals surface area contributed by atoms with E-state index < -0.39 is 10.0 Å². The molecule has 74 valence electrons. The first-order valence-corrected chi connectivity index (χ1v) is 5.00. The van der Waals surface area contributed by atoms with Crippen LogP contribution in [0.4, 0.5) is 0 Å². The first-order chi connectivity index (χ1) is 5.97. The maximum Gasteiger partial charge on any atom is 0.281 e. The number of nitrogens with one attached hydrogen (secondary N) is 1. The molecule has 0 radical (unpaired) electrons. The quantitative estimate of drug-likeness (QED) is 0.679. The van der Waals surface area contributed by atoms with Crippen molar-refractivity contribution in [1.82, 2.24) is 14.4 Å². The SMILES string of the molecule is CONS(=O)(=O)c1cn(C)c(C)n1. The molecule has 0 unspecified atom stereocenters. The summed E-state index contributed by atoms with van der Waals surface area (Å²) in [6.45, 7) is 1.71. The standard InChI is InChI=1S/C6H11N3O3S/c1-5-7-6(4-9(5)2)13(10,11)8-12-3/h4,8H,1-3H3. The highest BCUT2D eigenvalue weighted by molar-refractivity contribution is 7.89. The predicted octanol–water partition coefficient (Wildman–Crippen LogP) is -0.432. The van der Waals surface area contributed by atoms with Crippen molar-refractivity contribution >= 4 is 10.0 Å². The van der Waals surface area contributed by atoms with Gasteiger partial charge in [0.05, 0.1) is 7.11 Å². The minimum absolute atomic E-state index is 0.0469. The van der Waals surface area contributed by atoms with Gasteiger partial charge in [-0.25, -0.2) is 13.4 Å². The number of nitrogens with zero attached hydrogens (tertiary/aromatic N) is 2. The molecule has 0 aliphatic heterocycles. The van der Waals surface area contributed by atoms with Gasteiger partial charge in [-0.3, -0.25) is 4.84 Å². The first kappa shape index (κ1) is 10.2. The van der Waals surface area contributed by atoms with Gasteiger partial charge < -0.3 is 4.57 Å². The van der Waals surface area contributed by atoms with Crippen molar-refractivity contribution in [2.75, 3.05) is 7.11 Å². The summed E-state index contributed by atoms with van der Waals surface area (Å²) in [5, 5.41) is -0.0469. The number of hydrogen-bond acceptors (Lipinski definition) is 4. The van der Waals surface area contributed by atoms with Crippen LogP contribution in [0.3, 0.4) is 0 Å². The van der Waals surface area contributed by atoms with Gasteiger partial charge in [0.2, 0.25) is 0 Å². The lowest BCUT2D eigenvalue weighted by molar-refractivity contribution is 0.153. The molecule has 0 aromatic carbocycles. The van der Waals surface area contributed by atoms with Crippen molar-refractivity contribution in [3.63, 3.8) is 0 Å². The van der Waals surface area contributed by atoms with Gasteiger partial charge in [-0.2, -0.15) is 0 Å². The minimum atomic E-state index is -3.62. The van der Waals surface area contributed by atoms with Crippen molar-refractivity contribution in [3.8, 4) is 0 Å². The molecule has 13 heavy (non-hydrogen) atoms. The largest absolute Gasteiger partial charge is 0.337 e. The molecule has 0 aliphatic carbocycles. The molecular weight excluding hydrogens is 194 g/mol. The summed E-state index contributed by atoms with van der Waals surface area (Å²) in [6, 6.07) is 0. The Balaban J connectivity index is 3.08. The molecular formula is C6H11N3O3S. The zero-order valence-corrected chi connectivity index (χ0v) is 8.42. The van der Waals surface area contributed by atoms with E-state index >= 15 is 0 Å².